The van der Waals surface area contributed by atoms with E-state index in [-0.39, 0.29) is 0 Å². The molecule has 0 bridgehead atoms. The Morgan fingerprint density at radius 1 is 1.18 bits per heavy atom. The Kier molecular flexibility index (Phi) is 7.92. The molecule has 0 aliphatic carbocycles. The fourth-order valence-electron chi connectivity index (χ4n) is 1.56. The van der Waals surface area contributed by atoms with Gasteiger partial charge in [0.05, 0.1) is 0 Å². The topological polar surface area (TPSA) is 3.24 Å². The van der Waals surface area contributed by atoms with E-state index in [1.807, 2.05) is 12.1 Å². The van der Waals surface area contributed by atoms with Gasteiger partial charge in [0.2, 0.25) is 0 Å². The summed E-state index contributed by atoms with van der Waals surface area (Å²) in [7, 11) is 0. The summed E-state index contributed by atoms with van der Waals surface area (Å²) in [6, 6.07) is 8.02. The number of rotatable bonds is 0. The van der Waals surface area contributed by atoms with Crippen molar-refractivity contribution in [1.82, 2.24) is 4.90 Å². The Bertz CT molecular complexity index is 329. The number of halogens is 1. The molecule has 2 rings (SSSR count). The van der Waals surface area contributed by atoms with Crippen molar-refractivity contribution in [1.29, 1.82) is 0 Å². The maximum absolute atomic E-state index is 5.63. The van der Waals surface area contributed by atoms with Crippen LogP contribution in [0.5, 0.6) is 0 Å². The van der Waals surface area contributed by atoms with Gasteiger partial charge < -0.3 is 29.7 Å². The molecule has 1 aliphatic rings. The molecule has 0 saturated carbocycles. The Labute approximate surface area is 135 Å². The second kappa shape index (κ2) is 8.62. The zero-order chi connectivity index (χ0) is 12.7. The van der Waals surface area contributed by atoms with Crippen LogP contribution >= 0.6 is 23.8 Å². The minimum Gasteiger partial charge on any atom is -0.411 e. The molecule has 1 heterocycles. The summed E-state index contributed by atoms with van der Waals surface area (Å²) in [5.74, 6) is 0. The van der Waals surface area contributed by atoms with Crippen LogP contribution in [-0.4, -0.2) is 22.3 Å². The molecule has 1 aromatic carbocycles. The van der Waals surface area contributed by atoms with E-state index in [1.54, 1.807) is 0 Å². The first-order valence-electron chi connectivity index (χ1n) is 5.63. The van der Waals surface area contributed by atoms with Crippen molar-refractivity contribution in [3.05, 3.63) is 29.3 Å². The molecule has 0 unspecified atom stereocenters. The summed E-state index contributed by atoms with van der Waals surface area (Å²) in [6.07, 6.45) is 3.86. The van der Waals surface area contributed by atoms with Crippen molar-refractivity contribution in [2.45, 2.75) is 19.3 Å². The SMILES string of the molecule is Clc1cc[c]([Hg+])cc1.S=C([S-])N1CCCCC1. The monoisotopic (exact) mass is 473 g/mol. The van der Waals surface area contributed by atoms with Crippen molar-refractivity contribution in [3.8, 4) is 0 Å². The van der Waals surface area contributed by atoms with Crippen LogP contribution in [0.4, 0.5) is 0 Å². The van der Waals surface area contributed by atoms with Crippen molar-refractivity contribution in [3.63, 3.8) is 0 Å². The van der Waals surface area contributed by atoms with Gasteiger partial charge in [0.1, 0.15) is 0 Å². The zero-order valence-corrected chi connectivity index (χ0v) is 17.6. The fourth-order valence-corrected chi connectivity index (χ4v) is 2.97. The Morgan fingerprint density at radius 2 is 1.71 bits per heavy atom. The van der Waals surface area contributed by atoms with E-state index in [2.05, 4.69) is 17.0 Å². The average molecular weight is 472 g/mol. The molecule has 1 nitrogen and oxygen atoms in total. The van der Waals surface area contributed by atoms with Crippen LogP contribution in [0.15, 0.2) is 24.3 Å². The van der Waals surface area contributed by atoms with Gasteiger partial charge in [0.25, 0.3) is 0 Å². The smallest absolute Gasteiger partial charge is 0.0162 e. The van der Waals surface area contributed by atoms with Gasteiger partial charge in [-0.3, -0.25) is 0 Å². The van der Waals surface area contributed by atoms with Gasteiger partial charge in [0, 0.05) is 13.1 Å². The third-order valence-electron chi connectivity index (χ3n) is 2.53. The summed E-state index contributed by atoms with van der Waals surface area (Å²) in [5, 5.41) is 0.833. The molecule has 88 valence electrons. The summed E-state index contributed by atoms with van der Waals surface area (Å²) in [6.45, 7) is 2.17. The first-order valence-corrected chi connectivity index (χ1v) is 9.57. The van der Waals surface area contributed by atoms with E-state index >= 15 is 0 Å². The predicted octanol–water partition coefficient (Wildman–Crippen LogP) is 2.82. The molecule has 0 amide bonds. The van der Waals surface area contributed by atoms with Crippen molar-refractivity contribution in [2.24, 2.45) is 0 Å². The van der Waals surface area contributed by atoms with Gasteiger partial charge in [-0.25, -0.2) is 0 Å². The third-order valence-corrected chi connectivity index (χ3v) is 5.13. The molecule has 0 spiro atoms. The van der Waals surface area contributed by atoms with E-state index in [0.717, 1.165) is 44.2 Å². The van der Waals surface area contributed by atoms with Gasteiger partial charge >= 0.3 is 70.1 Å². The first-order chi connectivity index (χ1) is 8.09. The van der Waals surface area contributed by atoms with Crippen LogP contribution in [0.2, 0.25) is 5.02 Å². The van der Waals surface area contributed by atoms with Gasteiger partial charge in [-0.15, -0.1) is 0 Å². The van der Waals surface area contributed by atoms with E-state index in [9.17, 15) is 0 Å². The summed E-state index contributed by atoms with van der Waals surface area (Å²) < 4.78 is 2.09. The van der Waals surface area contributed by atoms with E-state index in [1.165, 1.54) is 22.3 Å². The molecule has 1 aromatic rings. The Morgan fingerprint density at radius 3 is 2.06 bits per heavy atom. The van der Waals surface area contributed by atoms with Crippen molar-refractivity contribution in [2.75, 3.05) is 13.1 Å². The van der Waals surface area contributed by atoms with Gasteiger partial charge in [-0.2, -0.15) is 0 Å². The van der Waals surface area contributed by atoms with Crippen LogP contribution in [0, 0.1) is 0 Å². The van der Waals surface area contributed by atoms with Crippen molar-refractivity contribution >= 4 is 43.8 Å². The number of thiocarbonyl (C=S) groups is 1. The number of nitrogens with zero attached hydrogens (tertiary/aromatic N) is 1. The first kappa shape index (κ1) is 15.6. The molecule has 0 N–H and O–H groups in total. The van der Waals surface area contributed by atoms with Crippen molar-refractivity contribution < 1.29 is 26.1 Å². The second-order valence-electron chi connectivity index (χ2n) is 3.94. The molecular weight excluding hydrogens is 458 g/mol. The van der Waals surface area contributed by atoms with E-state index in [4.69, 9.17) is 36.4 Å². The number of likely N-dealkylation sites (tertiary alicyclic amines) is 1. The molecule has 1 fully saturated rings. The minimum atomic E-state index is 0.648. The van der Waals surface area contributed by atoms with E-state index in [0.29, 0.717) is 4.32 Å². The molecule has 17 heavy (non-hydrogen) atoms. The minimum absolute atomic E-state index is 0.648. The van der Waals surface area contributed by atoms with Gasteiger partial charge in [-0.05, 0) is 19.3 Å². The molecule has 0 radical (unpaired) electrons. The zero-order valence-electron chi connectivity index (χ0n) is 9.69. The summed E-state index contributed by atoms with van der Waals surface area (Å²) in [4.78, 5) is 2.11. The van der Waals surface area contributed by atoms with Gasteiger partial charge in [-0.1, -0.05) is 4.32 Å². The molecule has 5 heteroatoms. The standard InChI is InChI=1S/C6H4Cl.C6H11NS2.Hg/c7-6-4-2-1-3-5-6;8-6(9)7-4-2-1-3-5-7;/h2-5H;1-5H2,(H,8,9);/q;;+1/p-1. The number of hydrogen-bond donors (Lipinski definition) is 0. The number of hydrogen-bond acceptors (Lipinski definition) is 2. The fraction of sp³-hybridized carbons (Fsp3) is 0.417. The largest absolute Gasteiger partial charge is 0.411 e. The molecule has 1 aliphatic heterocycles. The maximum atomic E-state index is 5.63. The number of piperidine rings is 1. The van der Waals surface area contributed by atoms with Crippen LogP contribution in [-0.2, 0) is 38.8 Å². The second-order valence-corrected chi connectivity index (χ2v) is 8.58. The van der Waals surface area contributed by atoms with Gasteiger partial charge in [0.15, 0.2) is 0 Å². The molecular formula is C12H14ClHgNS2. The quantitative estimate of drug-likeness (QED) is 0.325. The summed E-state index contributed by atoms with van der Waals surface area (Å²) >= 11 is 16.1. The maximum Gasteiger partial charge on any atom is 0.0162 e. The molecule has 0 atom stereocenters. The molecule has 0 aromatic heterocycles. The Balaban J connectivity index is 0.000000171. The normalized spacial score (nSPS) is 14.9. The Hall–Kier alpha value is 0.555. The van der Waals surface area contributed by atoms with Crippen LogP contribution in [0.3, 0.4) is 0 Å². The molecule has 1 saturated heterocycles. The average Bonchev–Trinajstić information content (AvgIpc) is 2.35. The summed E-state index contributed by atoms with van der Waals surface area (Å²) in [5.41, 5.74) is 0. The predicted molar refractivity (Wildman–Crippen MR) is 76.5 cm³/mol. The van der Waals surface area contributed by atoms with Crippen LogP contribution < -0.4 is 3.07 Å². The number of benzene rings is 1. The third kappa shape index (κ3) is 6.89. The van der Waals surface area contributed by atoms with Crippen LogP contribution in [0.1, 0.15) is 19.3 Å². The van der Waals surface area contributed by atoms with E-state index < -0.39 is 0 Å². The van der Waals surface area contributed by atoms with Crippen LogP contribution in [0.25, 0.3) is 0 Å².